The van der Waals surface area contributed by atoms with Crippen LogP contribution in [0.2, 0.25) is 0 Å². The molecule has 0 aliphatic heterocycles. The number of rotatable bonds is 3. The van der Waals surface area contributed by atoms with Crippen molar-refractivity contribution >= 4 is 22.7 Å². The van der Waals surface area contributed by atoms with Crippen LogP contribution < -0.4 is 5.56 Å². The van der Waals surface area contributed by atoms with Crippen molar-refractivity contribution in [3.63, 3.8) is 0 Å². The Labute approximate surface area is 119 Å². The first-order valence-electron chi connectivity index (χ1n) is 5.90. The Balaban J connectivity index is 2.76. The zero-order chi connectivity index (χ0) is 16.6. The molecule has 0 unspecified atom stereocenters. The monoisotopic (exact) mass is 317 g/mol. The first kappa shape index (κ1) is 15.7. The summed E-state index contributed by atoms with van der Waals surface area (Å²) in [5.41, 5.74) is -3.10. The van der Waals surface area contributed by atoms with Crippen molar-refractivity contribution in [3.8, 4) is 0 Å². The molecular weight excluding hydrogens is 310 g/mol. The van der Waals surface area contributed by atoms with Crippen molar-refractivity contribution < 1.29 is 31.9 Å². The molecule has 0 atom stereocenters. The minimum atomic E-state index is -2.11. The topological polar surface area (TPSA) is 76.2 Å². The number of Topliss-reactive ketones (excluding diaryl/α,β-unsaturated/α-hetero) is 1. The van der Waals surface area contributed by atoms with Gasteiger partial charge in [0.1, 0.15) is 0 Å². The van der Waals surface area contributed by atoms with Crippen LogP contribution in [0.5, 0.6) is 0 Å². The first-order valence-corrected chi connectivity index (χ1v) is 5.90. The van der Waals surface area contributed by atoms with Gasteiger partial charge in [-0.15, -0.1) is 0 Å². The number of aromatic amines is 1. The van der Waals surface area contributed by atoms with E-state index in [-0.39, 0.29) is 6.61 Å². The number of aromatic nitrogens is 1. The molecule has 1 aromatic carbocycles. The summed E-state index contributed by atoms with van der Waals surface area (Å²) in [5.74, 6) is -10.6. The third-order valence-electron chi connectivity index (χ3n) is 2.78. The van der Waals surface area contributed by atoms with Gasteiger partial charge in [0, 0.05) is 5.39 Å². The van der Waals surface area contributed by atoms with Gasteiger partial charge in [-0.3, -0.25) is 9.59 Å². The fourth-order valence-electron chi connectivity index (χ4n) is 1.77. The number of hydrogen-bond acceptors (Lipinski definition) is 4. The van der Waals surface area contributed by atoms with Crippen LogP contribution in [-0.2, 0) is 9.53 Å². The molecule has 0 saturated heterocycles. The number of fused-ring (bicyclic) bond motifs is 1. The third kappa shape index (κ3) is 2.34. The van der Waals surface area contributed by atoms with Crippen LogP contribution in [0.25, 0.3) is 10.9 Å². The molecule has 116 valence electrons. The molecule has 1 N–H and O–H groups in total. The second-order valence-electron chi connectivity index (χ2n) is 4.11. The molecule has 0 spiro atoms. The van der Waals surface area contributed by atoms with Crippen molar-refractivity contribution in [2.24, 2.45) is 0 Å². The number of ketones is 1. The van der Waals surface area contributed by atoms with Gasteiger partial charge in [0.05, 0.1) is 17.7 Å². The van der Waals surface area contributed by atoms with E-state index in [2.05, 4.69) is 4.74 Å². The normalized spacial score (nSPS) is 10.8. The standard InChI is InChI=1S/C13H7F4NO4/c1-2-22-13(21)11(19)5-3-4-6(14)7(15)8(16)9(17)10(4)18-12(5)20/h3H,2H2,1H3,(H,18,20). The van der Waals surface area contributed by atoms with Crippen LogP contribution in [0.15, 0.2) is 10.9 Å². The Bertz CT molecular complexity index is 859. The highest BCUT2D eigenvalue weighted by Gasteiger charge is 2.26. The maximum Gasteiger partial charge on any atom is 0.379 e. The van der Waals surface area contributed by atoms with E-state index in [1.807, 2.05) is 0 Å². The lowest BCUT2D eigenvalue weighted by Crippen LogP contribution is -2.26. The number of hydrogen-bond donors (Lipinski definition) is 1. The van der Waals surface area contributed by atoms with E-state index in [9.17, 15) is 31.9 Å². The second-order valence-corrected chi connectivity index (χ2v) is 4.11. The van der Waals surface area contributed by atoms with Gasteiger partial charge in [0.25, 0.3) is 11.3 Å². The van der Waals surface area contributed by atoms with Crippen LogP contribution in [0.3, 0.4) is 0 Å². The maximum absolute atomic E-state index is 13.6. The molecule has 1 heterocycles. The quantitative estimate of drug-likeness (QED) is 0.234. The van der Waals surface area contributed by atoms with Crippen molar-refractivity contribution in [1.29, 1.82) is 0 Å². The summed E-state index contributed by atoms with van der Waals surface area (Å²) in [6, 6.07) is 0.467. The number of nitrogens with one attached hydrogen (secondary N) is 1. The lowest BCUT2D eigenvalue weighted by molar-refractivity contribution is -0.137. The van der Waals surface area contributed by atoms with E-state index in [0.29, 0.717) is 6.07 Å². The van der Waals surface area contributed by atoms with Gasteiger partial charge in [-0.05, 0) is 13.0 Å². The van der Waals surface area contributed by atoms with Gasteiger partial charge >= 0.3 is 5.97 Å². The first-order chi connectivity index (χ1) is 10.3. The number of H-pyrrole nitrogens is 1. The van der Waals surface area contributed by atoms with Crippen LogP contribution in [-0.4, -0.2) is 23.3 Å². The lowest BCUT2D eigenvalue weighted by Gasteiger charge is -2.06. The Morgan fingerprint density at radius 2 is 1.68 bits per heavy atom. The number of ether oxygens (including phenoxy) is 1. The molecule has 5 nitrogen and oxygen atoms in total. The lowest BCUT2D eigenvalue weighted by atomic mass is 10.1. The van der Waals surface area contributed by atoms with E-state index < -0.39 is 57.0 Å². The predicted molar refractivity (Wildman–Crippen MR) is 65.4 cm³/mol. The number of pyridine rings is 1. The maximum atomic E-state index is 13.6. The smallest absolute Gasteiger partial charge is 0.379 e. The van der Waals surface area contributed by atoms with E-state index in [1.54, 1.807) is 4.98 Å². The summed E-state index contributed by atoms with van der Waals surface area (Å²) in [7, 11) is 0. The fraction of sp³-hybridized carbons (Fsp3) is 0.154. The number of carbonyl (C=O) groups excluding carboxylic acids is 2. The van der Waals surface area contributed by atoms with E-state index in [0.717, 1.165) is 0 Å². The Morgan fingerprint density at radius 3 is 2.27 bits per heavy atom. The average Bonchev–Trinajstić information content (AvgIpc) is 2.50. The molecule has 2 rings (SSSR count). The molecule has 0 aliphatic carbocycles. The largest absolute Gasteiger partial charge is 0.460 e. The molecule has 0 amide bonds. The van der Waals surface area contributed by atoms with E-state index in [1.165, 1.54) is 6.92 Å². The molecule has 2 aromatic rings. The summed E-state index contributed by atoms with van der Waals surface area (Å²) in [6.45, 7) is 1.25. The van der Waals surface area contributed by atoms with Gasteiger partial charge in [-0.25, -0.2) is 22.4 Å². The van der Waals surface area contributed by atoms with Crippen molar-refractivity contribution in [2.75, 3.05) is 6.61 Å². The summed E-state index contributed by atoms with van der Waals surface area (Å²) in [6.07, 6.45) is 0. The number of esters is 1. The van der Waals surface area contributed by atoms with Gasteiger partial charge in [-0.2, -0.15) is 0 Å². The molecule has 22 heavy (non-hydrogen) atoms. The number of carbonyl (C=O) groups is 2. The van der Waals surface area contributed by atoms with E-state index >= 15 is 0 Å². The highest BCUT2D eigenvalue weighted by Crippen LogP contribution is 2.25. The molecular formula is C13H7F4NO4. The number of benzene rings is 1. The molecule has 0 aliphatic rings. The predicted octanol–water partition coefficient (Wildman–Crippen LogP) is 1.83. The highest BCUT2D eigenvalue weighted by molar-refractivity contribution is 6.40. The highest BCUT2D eigenvalue weighted by atomic mass is 19.2. The molecule has 0 fully saturated rings. The zero-order valence-corrected chi connectivity index (χ0v) is 10.9. The minimum Gasteiger partial charge on any atom is -0.460 e. The van der Waals surface area contributed by atoms with Crippen LogP contribution in [0.4, 0.5) is 17.6 Å². The van der Waals surface area contributed by atoms with Crippen molar-refractivity contribution in [2.45, 2.75) is 6.92 Å². The van der Waals surface area contributed by atoms with Crippen LogP contribution in [0.1, 0.15) is 17.3 Å². The third-order valence-corrected chi connectivity index (χ3v) is 2.78. The summed E-state index contributed by atoms with van der Waals surface area (Å²) < 4.78 is 57.8. The number of halogens is 4. The second kappa shape index (κ2) is 5.58. The molecule has 1 aromatic heterocycles. The van der Waals surface area contributed by atoms with Crippen molar-refractivity contribution in [3.05, 3.63) is 45.3 Å². The van der Waals surface area contributed by atoms with Gasteiger partial charge in [0.15, 0.2) is 23.3 Å². The minimum absolute atomic E-state index is 0.154. The van der Waals surface area contributed by atoms with Gasteiger partial charge < -0.3 is 9.72 Å². The Morgan fingerprint density at radius 1 is 1.09 bits per heavy atom. The average molecular weight is 317 g/mol. The van der Waals surface area contributed by atoms with Crippen LogP contribution >= 0.6 is 0 Å². The molecule has 9 heteroatoms. The fourth-order valence-corrected chi connectivity index (χ4v) is 1.77. The molecule has 0 radical (unpaired) electrons. The Kier molecular flexibility index (Phi) is 3.98. The summed E-state index contributed by atoms with van der Waals surface area (Å²) >= 11 is 0. The van der Waals surface area contributed by atoms with Crippen LogP contribution in [0, 0.1) is 23.3 Å². The Hall–Kier alpha value is -2.71. The van der Waals surface area contributed by atoms with Gasteiger partial charge in [0.2, 0.25) is 0 Å². The molecule has 0 bridgehead atoms. The summed E-state index contributed by atoms with van der Waals surface area (Å²) in [4.78, 5) is 36.3. The van der Waals surface area contributed by atoms with Crippen molar-refractivity contribution in [1.82, 2.24) is 4.98 Å². The zero-order valence-electron chi connectivity index (χ0n) is 10.9. The van der Waals surface area contributed by atoms with Gasteiger partial charge in [-0.1, -0.05) is 0 Å². The summed E-state index contributed by atoms with van der Waals surface area (Å²) in [5, 5.41) is -0.886. The molecule has 0 saturated carbocycles. The SMILES string of the molecule is CCOC(=O)C(=O)c1cc2c(F)c(F)c(F)c(F)c2[nH]c1=O. The van der Waals surface area contributed by atoms with E-state index in [4.69, 9.17) is 0 Å².